The molecule has 1 amide bonds. The Morgan fingerprint density at radius 2 is 1.92 bits per heavy atom. The molecule has 0 aromatic rings. The van der Waals surface area contributed by atoms with E-state index in [2.05, 4.69) is 29.5 Å². The molecule has 6 heteroatoms. The van der Waals surface area contributed by atoms with E-state index >= 15 is 0 Å². The molecule has 0 aromatic heterocycles. The van der Waals surface area contributed by atoms with Gasteiger partial charge in [0.05, 0.1) is 0 Å². The van der Waals surface area contributed by atoms with Crippen LogP contribution in [0.4, 0.5) is 0 Å². The predicted octanol–water partition coefficient (Wildman–Crippen LogP) is 1.53. The number of nitrogens with one attached hydrogen (secondary N) is 2. The minimum Gasteiger partial charge on any atom is -0.357 e. The Morgan fingerprint density at radius 1 is 1.20 bits per heavy atom. The summed E-state index contributed by atoms with van der Waals surface area (Å²) in [5.74, 6) is 1.97. The maximum Gasteiger partial charge on any atom is 0.225 e. The van der Waals surface area contributed by atoms with Crippen LogP contribution in [0.2, 0.25) is 0 Å². The number of rotatable bonds is 5. The van der Waals surface area contributed by atoms with Crippen molar-refractivity contribution < 1.29 is 4.79 Å². The smallest absolute Gasteiger partial charge is 0.225 e. The zero-order valence-electron chi connectivity index (χ0n) is 16.6. The van der Waals surface area contributed by atoms with E-state index in [1.807, 2.05) is 18.7 Å². The summed E-state index contributed by atoms with van der Waals surface area (Å²) in [6.45, 7) is 11.9. The number of amides is 1. The average molecular weight is 352 g/mol. The van der Waals surface area contributed by atoms with Crippen molar-refractivity contribution in [2.24, 2.45) is 16.8 Å². The van der Waals surface area contributed by atoms with Crippen LogP contribution >= 0.6 is 0 Å². The zero-order valence-corrected chi connectivity index (χ0v) is 16.6. The summed E-state index contributed by atoms with van der Waals surface area (Å²) in [4.78, 5) is 21.3. The van der Waals surface area contributed by atoms with Gasteiger partial charge >= 0.3 is 0 Å². The van der Waals surface area contributed by atoms with Crippen LogP contribution in [-0.2, 0) is 4.79 Å². The Hall–Kier alpha value is -1.30. The monoisotopic (exact) mass is 351 g/mol. The standard InChI is InChI=1S/C19H37N5O/c1-5-20-19(21-13-16-7-6-10-23(4)14-16)22-17-8-11-24(12-9-17)18(25)15(2)3/h15-17H,5-14H2,1-4H3,(H2,20,21,22). The highest BCUT2D eigenvalue weighted by atomic mass is 16.2. The third kappa shape index (κ3) is 6.49. The molecule has 0 bridgehead atoms. The number of hydrogen-bond donors (Lipinski definition) is 2. The highest BCUT2D eigenvalue weighted by molar-refractivity contribution is 5.80. The summed E-state index contributed by atoms with van der Waals surface area (Å²) in [6.07, 6.45) is 4.55. The quantitative estimate of drug-likeness (QED) is 0.583. The second kappa shape index (κ2) is 10.00. The second-order valence-electron chi connectivity index (χ2n) is 7.89. The molecule has 2 fully saturated rings. The number of piperidine rings is 2. The first kappa shape index (κ1) is 20.0. The summed E-state index contributed by atoms with van der Waals surface area (Å²) in [5, 5.41) is 6.96. The summed E-state index contributed by atoms with van der Waals surface area (Å²) >= 11 is 0. The fourth-order valence-corrected chi connectivity index (χ4v) is 3.77. The number of nitrogens with zero attached hydrogens (tertiary/aromatic N) is 3. The number of likely N-dealkylation sites (tertiary alicyclic amines) is 2. The highest BCUT2D eigenvalue weighted by Crippen LogP contribution is 2.16. The number of carbonyl (C=O) groups is 1. The third-order valence-electron chi connectivity index (χ3n) is 5.22. The Labute approximate surface area is 153 Å². The first-order valence-corrected chi connectivity index (χ1v) is 10.0. The molecule has 1 unspecified atom stereocenters. The maximum absolute atomic E-state index is 12.1. The molecule has 2 rings (SSSR count). The molecular formula is C19H37N5O. The molecule has 2 saturated heterocycles. The lowest BCUT2D eigenvalue weighted by Gasteiger charge is -2.34. The van der Waals surface area contributed by atoms with Gasteiger partial charge in [-0.25, -0.2) is 0 Å². The lowest BCUT2D eigenvalue weighted by atomic mass is 9.99. The van der Waals surface area contributed by atoms with E-state index in [0.29, 0.717) is 12.0 Å². The van der Waals surface area contributed by atoms with Gasteiger partial charge in [0.2, 0.25) is 5.91 Å². The van der Waals surface area contributed by atoms with Gasteiger partial charge in [-0.15, -0.1) is 0 Å². The van der Waals surface area contributed by atoms with Crippen LogP contribution in [0.3, 0.4) is 0 Å². The van der Waals surface area contributed by atoms with E-state index < -0.39 is 0 Å². The number of carbonyl (C=O) groups excluding carboxylic acids is 1. The molecule has 6 nitrogen and oxygen atoms in total. The number of aliphatic imine (C=N–C) groups is 1. The van der Waals surface area contributed by atoms with E-state index in [1.165, 1.54) is 19.4 Å². The van der Waals surface area contributed by atoms with Crippen molar-refractivity contribution >= 4 is 11.9 Å². The van der Waals surface area contributed by atoms with Gasteiger partial charge in [-0.3, -0.25) is 9.79 Å². The van der Waals surface area contributed by atoms with Crippen molar-refractivity contribution in [2.45, 2.75) is 52.5 Å². The summed E-state index contributed by atoms with van der Waals surface area (Å²) < 4.78 is 0. The van der Waals surface area contributed by atoms with Crippen LogP contribution in [0.25, 0.3) is 0 Å². The molecule has 144 valence electrons. The van der Waals surface area contributed by atoms with Gasteiger partial charge in [0.15, 0.2) is 5.96 Å². The Bertz CT molecular complexity index is 443. The SMILES string of the molecule is CCNC(=NCC1CCCN(C)C1)NC1CCN(C(=O)C(C)C)CC1. The van der Waals surface area contributed by atoms with Gasteiger partial charge in [0.25, 0.3) is 0 Å². The van der Waals surface area contributed by atoms with E-state index in [1.54, 1.807) is 0 Å². The average Bonchev–Trinajstić information content (AvgIpc) is 2.60. The summed E-state index contributed by atoms with van der Waals surface area (Å²) in [5.41, 5.74) is 0. The molecule has 0 spiro atoms. The van der Waals surface area contributed by atoms with Crippen molar-refractivity contribution in [1.82, 2.24) is 20.4 Å². The van der Waals surface area contributed by atoms with Gasteiger partial charge in [-0.1, -0.05) is 13.8 Å². The molecule has 2 heterocycles. The van der Waals surface area contributed by atoms with E-state index in [-0.39, 0.29) is 11.8 Å². The molecule has 0 radical (unpaired) electrons. The van der Waals surface area contributed by atoms with E-state index in [9.17, 15) is 4.79 Å². The zero-order chi connectivity index (χ0) is 18.2. The lowest BCUT2D eigenvalue weighted by molar-refractivity contribution is -0.135. The van der Waals surface area contributed by atoms with Crippen LogP contribution < -0.4 is 10.6 Å². The highest BCUT2D eigenvalue weighted by Gasteiger charge is 2.25. The van der Waals surface area contributed by atoms with Crippen LogP contribution in [0.15, 0.2) is 4.99 Å². The molecule has 2 N–H and O–H groups in total. The van der Waals surface area contributed by atoms with Gasteiger partial charge in [0, 0.05) is 44.7 Å². The van der Waals surface area contributed by atoms with Crippen molar-refractivity contribution in [1.29, 1.82) is 0 Å². The first-order valence-electron chi connectivity index (χ1n) is 10.0. The van der Waals surface area contributed by atoms with Crippen molar-refractivity contribution in [3.63, 3.8) is 0 Å². The molecular weight excluding hydrogens is 314 g/mol. The van der Waals surface area contributed by atoms with Crippen molar-refractivity contribution in [3.8, 4) is 0 Å². The molecule has 0 aromatic carbocycles. The summed E-state index contributed by atoms with van der Waals surface area (Å²) in [7, 11) is 2.20. The molecule has 1 atom stereocenters. The number of guanidine groups is 1. The second-order valence-corrected chi connectivity index (χ2v) is 7.89. The summed E-state index contributed by atoms with van der Waals surface area (Å²) in [6, 6.07) is 0.406. The fraction of sp³-hybridized carbons (Fsp3) is 0.895. The van der Waals surface area contributed by atoms with Crippen LogP contribution in [0.1, 0.15) is 46.5 Å². The molecule has 25 heavy (non-hydrogen) atoms. The van der Waals surface area contributed by atoms with Crippen molar-refractivity contribution in [3.05, 3.63) is 0 Å². The molecule has 2 aliphatic rings. The minimum absolute atomic E-state index is 0.0945. The topological polar surface area (TPSA) is 60.0 Å². The van der Waals surface area contributed by atoms with Gasteiger partial charge in [-0.05, 0) is 52.1 Å². The fourth-order valence-electron chi connectivity index (χ4n) is 3.77. The van der Waals surface area contributed by atoms with Crippen LogP contribution in [0.5, 0.6) is 0 Å². The minimum atomic E-state index is 0.0945. The van der Waals surface area contributed by atoms with Gasteiger partial charge in [0.1, 0.15) is 0 Å². The Kier molecular flexibility index (Phi) is 8.00. The predicted molar refractivity (Wildman–Crippen MR) is 104 cm³/mol. The van der Waals surface area contributed by atoms with Crippen molar-refractivity contribution in [2.75, 3.05) is 46.3 Å². The molecule has 2 aliphatic heterocycles. The lowest BCUT2D eigenvalue weighted by Crippen LogP contribution is -2.50. The first-order chi connectivity index (χ1) is 12.0. The van der Waals surface area contributed by atoms with E-state index in [0.717, 1.165) is 51.5 Å². The molecule has 0 aliphatic carbocycles. The van der Waals surface area contributed by atoms with Crippen LogP contribution in [-0.4, -0.2) is 74.0 Å². The Balaban J connectivity index is 1.81. The van der Waals surface area contributed by atoms with Crippen LogP contribution in [0, 0.1) is 11.8 Å². The largest absolute Gasteiger partial charge is 0.357 e. The molecule has 0 saturated carbocycles. The van der Waals surface area contributed by atoms with Gasteiger partial charge in [-0.2, -0.15) is 0 Å². The van der Waals surface area contributed by atoms with E-state index in [4.69, 9.17) is 4.99 Å². The third-order valence-corrected chi connectivity index (χ3v) is 5.22. The maximum atomic E-state index is 12.1. The normalized spacial score (nSPS) is 23.8. The number of hydrogen-bond acceptors (Lipinski definition) is 3. The Morgan fingerprint density at radius 3 is 2.52 bits per heavy atom. The van der Waals surface area contributed by atoms with Gasteiger partial charge < -0.3 is 20.4 Å².